The number of aromatic nitrogens is 4. The highest BCUT2D eigenvalue weighted by atomic mass is 16.6. The molecule has 2 aromatic heterocycles. The van der Waals surface area contributed by atoms with Gasteiger partial charge in [0, 0.05) is 31.9 Å². The van der Waals surface area contributed by atoms with Crippen LogP contribution in [0.3, 0.4) is 0 Å². The third-order valence-corrected chi connectivity index (χ3v) is 6.09. The van der Waals surface area contributed by atoms with Crippen molar-refractivity contribution in [1.29, 1.82) is 0 Å². The minimum Gasteiger partial charge on any atom is -0.492 e. The fourth-order valence-electron chi connectivity index (χ4n) is 3.82. The Balaban J connectivity index is 1.23. The maximum atomic E-state index is 13.0. The maximum absolute atomic E-state index is 13.0. The molecule has 0 aliphatic carbocycles. The van der Waals surface area contributed by atoms with Crippen LogP contribution in [0, 0.1) is 6.92 Å². The Morgan fingerprint density at radius 3 is 2.82 bits per heavy atom. The molecule has 1 fully saturated rings. The van der Waals surface area contributed by atoms with Crippen molar-refractivity contribution in [2.24, 2.45) is 0 Å². The molecular weight excluding hydrogens is 492 g/mol. The summed E-state index contributed by atoms with van der Waals surface area (Å²) >= 11 is 0. The molecule has 3 heterocycles. The van der Waals surface area contributed by atoms with Crippen molar-refractivity contribution in [1.82, 2.24) is 24.6 Å². The molecule has 1 N–H and O–H groups in total. The van der Waals surface area contributed by atoms with Crippen molar-refractivity contribution in [2.45, 2.75) is 38.5 Å². The van der Waals surface area contributed by atoms with Crippen LogP contribution in [0.2, 0.25) is 0 Å². The van der Waals surface area contributed by atoms with Crippen molar-refractivity contribution in [2.75, 3.05) is 39.2 Å². The first-order valence-electron chi connectivity index (χ1n) is 12.2. The van der Waals surface area contributed by atoms with Gasteiger partial charge in [-0.05, 0) is 26.0 Å². The van der Waals surface area contributed by atoms with Gasteiger partial charge < -0.3 is 29.2 Å². The molecule has 0 bridgehead atoms. The van der Waals surface area contributed by atoms with E-state index in [1.807, 2.05) is 31.2 Å². The molecule has 1 aromatic carbocycles. The van der Waals surface area contributed by atoms with E-state index in [4.69, 9.17) is 18.9 Å². The number of likely N-dealkylation sites (N-methyl/N-ethyl adjacent to an activating group) is 1. The third kappa shape index (κ3) is 6.97. The molecule has 1 aliphatic rings. The lowest BCUT2D eigenvalue weighted by molar-refractivity contribution is -0.133. The van der Waals surface area contributed by atoms with Crippen LogP contribution in [0.1, 0.15) is 18.9 Å². The van der Waals surface area contributed by atoms with E-state index in [1.165, 1.54) is 24.2 Å². The van der Waals surface area contributed by atoms with Gasteiger partial charge >= 0.3 is 6.01 Å². The number of anilines is 1. The number of carbonyl (C=O) groups is 2. The molecule has 2 amide bonds. The second kappa shape index (κ2) is 11.9. The van der Waals surface area contributed by atoms with Gasteiger partial charge in [0.1, 0.15) is 30.6 Å². The molecule has 0 unspecified atom stereocenters. The number of hydrogen-bond acceptors (Lipinski definition) is 9. The molecule has 0 spiro atoms. The van der Waals surface area contributed by atoms with Gasteiger partial charge in [0.25, 0.3) is 5.91 Å². The summed E-state index contributed by atoms with van der Waals surface area (Å²) in [4.78, 5) is 35.2. The highest BCUT2D eigenvalue weighted by molar-refractivity contribution is 5.97. The molecule has 0 radical (unpaired) electrons. The molecule has 12 heteroatoms. The lowest BCUT2D eigenvalue weighted by atomic mass is 10.0. The van der Waals surface area contributed by atoms with E-state index >= 15 is 0 Å². The van der Waals surface area contributed by atoms with Crippen LogP contribution in [0.15, 0.2) is 48.9 Å². The van der Waals surface area contributed by atoms with Crippen molar-refractivity contribution >= 4 is 17.5 Å². The zero-order valence-corrected chi connectivity index (χ0v) is 21.9. The number of ether oxygens (including phenoxy) is 4. The number of carbonyl (C=O) groups excluding carboxylic acids is 2. The number of nitrogens with zero attached hydrogens (tertiary/aromatic N) is 5. The summed E-state index contributed by atoms with van der Waals surface area (Å²) in [6.07, 6.45) is 4.59. The summed E-state index contributed by atoms with van der Waals surface area (Å²) in [6, 6.07) is 9.55. The molecular formula is C26H32N6O6. The quantitative estimate of drug-likeness (QED) is 0.401. The fraction of sp³-hybridized carbons (Fsp3) is 0.423. The summed E-state index contributed by atoms with van der Waals surface area (Å²) in [5, 5.41) is 7.01. The topological polar surface area (TPSA) is 130 Å². The number of aryl methyl sites for hydroxylation is 1. The van der Waals surface area contributed by atoms with Crippen molar-refractivity contribution in [3.63, 3.8) is 0 Å². The third-order valence-electron chi connectivity index (χ3n) is 6.09. The van der Waals surface area contributed by atoms with Crippen LogP contribution in [0.5, 0.6) is 17.6 Å². The molecule has 1 aliphatic heterocycles. The van der Waals surface area contributed by atoms with Gasteiger partial charge in [-0.3, -0.25) is 14.3 Å². The van der Waals surface area contributed by atoms with E-state index in [9.17, 15) is 9.59 Å². The van der Waals surface area contributed by atoms with Gasteiger partial charge in [-0.15, -0.1) is 0 Å². The van der Waals surface area contributed by atoms with Crippen LogP contribution in [0.4, 0.5) is 5.69 Å². The van der Waals surface area contributed by atoms with E-state index < -0.39 is 5.60 Å². The number of methoxy groups -OCH3 is 1. The predicted octanol–water partition coefficient (Wildman–Crippen LogP) is 2.09. The van der Waals surface area contributed by atoms with E-state index in [0.29, 0.717) is 31.1 Å². The van der Waals surface area contributed by atoms with Gasteiger partial charge in [-0.1, -0.05) is 17.7 Å². The zero-order valence-electron chi connectivity index (χ0n) is 21.9. The molecule has 4 rings (SSSR count). The van der Waals surface area contributed by atoms with Gasteiger partial charge in [-0.25, -0.2) is 4.98 Å². The largest absolute Gasteiger partial charge is 0.492 e. The normalized spacial score (nSPS) is 18.6. The van der Waals surface area contributed by atoms with Crippen LogP contribution < -0.4 is 19.5 Å². The second-order valence-electron chi connectivity index (χ2n) is 9.22. The first kappa shape index (κ1) is 26.9. The Labute approximate surface area is 220 Å². The first-order valence-corrected chi connectivity index (χ1v) is 12.2. The average molecular weight is 525 g/mol. The first-order chi connectivity index (χ1) is 18.2. The van der Waals surface area contributed by atoms with Gasteiger partial charge in [-0.2, -0.15) is 10.1 Å². The van der Waals surface area contributed by atoms with Crippen LogP contribution in [-0.2, 0) is 20.9 Å². The van der Waals surface area contributed by atoms with Crippen molar-refractivity contribution in [3.05, 3.63) is 54.5 Å². The number of benzene rings is 1. The van der Waals surface area contributed by atoms with Crippen molar-refractivity contribution in [3.8, 4) is 17.6 Å². The van der Waals surface area contributed by atoms with Crippen LogP contribution >= 0.6 is 0 Å². The van der Waals surface area contributed by atoms with Gasteiger partial charge in [0.05, 0.1) is 32.1 Å². The highest BCUT2D eigenvalue weighted by Crippen LogP contribution is 2.29. The second-order valence-corrected chi connectivity index (χ2v) is 9.22. The van der Waals surface area contributed by atoms with E-state index in [1.54, 1.807) is 31.1 Å². The number of hydrogen-bond donors (Lipinski definition) is 1. The summed E-state index contributed by atoms with van der Waals surface area (Å²) in [7, 11) is 3.18. The zero-order chi connectivity index (χ0) is 27.1. The molecule has 202 valence electrons. The minimum absolute atomic E-state index is 0.0307. The van der Waals surface area contributed by atoms with Crippen LogP contribution in [-0.4, -0.2) is 82.1 Å². The number of rotatable bonds is 11. The van der Waals surface area contributed by atoms with Crippen molar-refractivity contribution < 1.29 is 28.5 Å². The molecule has 1 saturated heterocycles. The van der Waals surface area contributed by atoms with E-state index in [0.717, 1.165) is 11.3 Å². The predicted molar refractivity (Wildman–Crippen MR) is 137 cm³/mol. The van der Waals surface area contributed by atoms with Gasteiger partial charge in [0.15, 0.2) is 0 Å². The fourth-order valence-corrected chi connectivity index (χ4v) is 3.82. The molecule has 12 nitrogen and oxygen atoms in total. The maximum Gasteiger partial charge on any atom is 0.319 e. The lowest BCUT2D eigenvalue weighted by Crippen LogP contribution is -2.40. The van der Waals surface area contributed by atoms with E-state index in [-0.39, 0.29) is 37.1 Å². The SMILES string of the molecule is COc1nccc(O[C@H]2CO[C@](C)(C(=O)Nc3cnn(CC(=O)N(C)CCOc4ccc(C)cc4)c3)C2)n1. The van der Waals surface area contributed by atoms with E-state index in [2.05, 4.69) is 20.4 Å². The standard InChI is InChI=1S/C26H32N6O6/c1-18-5-7-20(8-6-18)36-12-11-31(3)23(33)16-32-15-19(14-28-32)29-24(34)26(2)13-21(17-37-26)38-22-9-10-27-25(30-22)35-4/h5-10,14-15,21H,11-13,16-17H2,1-4H3,(H,29,34)/t21-,26+/m1/s1. The summed E-state index contributed by atoms with van der Waals surface area (Å²) in [5.74, 6) is 0.634. The van der Waals surface area contributed by atoms with Gasteiger partial charge in [0.2, 0.25) is 11.8 Å². The Kier molecular flexibility index (Phi) is 8.41. The minimum atomic E-state index is -1.10. The highest BCUT2D eigenvalue weighted by Gasteiger charge is 2.44. The van der Waals surface area contributed by atoms with Crippen LogP contribution in [0.25, 0.3) is 0 Å². The number of amides is 2. The Morgan fingerprint density at radius 2 is 2.05 bits per heavy atom. The summed E-state index contributed by atoms with van der Waals surface area (Å²) in [5.41, 5.74) is 0.516. The monoisotopic (exact) mass is 524 g/mol. The molecule has 2 atom stereocenters. The molecule has 3 aromatic rings. The smallest absolute Gasteiger partial charge is 0.319 e. The Hall–Kier alpha value is -4.19. The Morgan fingerprint density at radius 1 is 1.26 bits per heavy atom. The average Bonchev–Trinajstić information content (AvgIpc) is 3.51. The lowest BCUT2D eigenvalue weighted by Gasteiger charge is -2.21. The molecule has 38 heavy (non-hydrogen) atoms. The molecule has 0 saturated carbocycles. The number of nitrogens with one attached hydrogen (secondary N) is 1. The summed E-state index contributed by atoms with van der Waals surface area (Å²) in [6.45, 7) is 4.77. The summed E-state index contributed by atoms with van der Waals surface area (Å²) < 4.78 is 23.8. The Bertz CT molecular complexity index is 1250.